The summed E-state index contributed by atoms with van der Waals surface area (Å²) in [7, 11) is 0. The minimum atomic E-state index is -0.826. The van der Waals surface area contributed by atoms with E-state index in [0.29, 0.717) is 5.56 Å². The van der Waals surface area contributed by atoms with E-state index in [-0.39, 0.29) is 0 Å². The van der Waals surface area contributed by atoms with Gasteiger partial charge in [0.05, 0.1) is 5.56 Å². The number of aromatic carboxylic acids is 1. The molecule has 0 amide bonds. The molecular weight excluding hydrogens is 212 g/mol. The van der Waals surface area contributed by atoms with Crippen molar-refractivity contribution in [2.45, 2.75) is 53.4 Å². The van der Waals surface area contributed by atoms with E-state index in [2.05, 4.69) is 0 Å². The lowest BCUT2D eigenvalue weighted by Crippen LogP contribution is -2.05. The standard InChI is InChI=1S/C11H12O2.2C2H6/c12-11(13)10-6-5-8-3-1-2-4-9(8)7-10;2*1-2/h5-7H,1-4H2,(H,12,13);2*1-2H3. The summed E-state index contributed by atoms with van der Waals surface area (Å²) in [6, 6.07) is 5.47. The van der Waals surface area contributed by atoms with Gasteiger partial charge in [-0.05, 0) is 48.9 Å². The Bertz CT molecular complexity index is 343. The number of hydrogen-bond acceptors (Lipinski definition) is 1. The summed E-state index contributed by atoms with van der Waals surface area (Å²) in [5, 5.41) is 8.79. The molecule has 0 atom stereocenters. The van der Waals surface area contributed by atoms with Gasteiger partial charge in [0.2, 0.25) is 0 Å². The van der Waals surface area contributed by atoms with Crippen molar-refractivity contribution in [3.63, 3.8) is 0 Å². The van der Waals surface area contributed by atoms with Crippen molar-refractivity contribution in [2.24, 2.45) is 0 Å². The third-order valence-corrected chi connectivity index (χ3v) is 2.60. The normalized spacial score (nSPS) is 12.2. The highest BCUT2D eigenvalue weighted by Crippen LogP contribution is 2.21. The summed E-state index contributed by atoms with van der Waals surface area (Å²) in [5.74, 6) is -0.826. The van der Waals surface area contributed by atoms with Gasteiger partial charge >= 0.3 is 5.97 Å². The first-order valence-corrected chi connectivity index (χ1v) is 6.62. The van der Waals surface area contributed by atoms with Gasteiger partial charge in [-0.15, -0.1) is 0 Å². The highest BCUT2D eigenvalue weighted by Gasteiger charge is 2.11. The molecule has 0 bridgehead atoms. The fraction of sp³-hybridized carbons (Fsp3) is 0.533. The lowest BCUT2D eigenvalue weighted by atomic mass is 9.90. The van der Waals surface area contributed by atoms with Gasteiger partial charge in [-0.3, -0.25) is 0 Å². The third kappa shape index (κ3) is 4.59. The number of carboxylic acids is 1. The summed E-state index contributed by atoms with van der Waals surface area (Å²) in [6.07, 6.45) is 4.57. The fourth-order valence-electron chi connectivity index (χ4n) is 1.87. The smallest absolute Gasteiger partial charge is 0.335 e. The Morgan fingerprint density at radius 1 is 1.00 bits per heavy atom. The molecule has 1 aromatic carbocycles. The van der Waals surface area contributed by atoms with Crippen LogP contribution in [0.4, 0.5) is 0 Å². The monoisotopic (exact) mass is 236 g/mol. The largest absolute Gasteiger partial charge is 0.478 e. The zero-order chi connectivity index (χ0) is 13.3. The highest BCUT2D eigenvalue weighted by molar-refractivity contribution is 5.87. The minimum Gasteiger partial charge on any atom is -0.478 e. The first-order valence-electron chi connectivity index (χ1n) is 6.62. The summed E-state index contributed by atoms with van der Waals surface area (Å²) in [4.78, 5) is 10.7. The van der Waals surface area contributed by atoms with Crippen LogP contribution in [-0.2, 0) is 12.8 Å². The van der Waals surface area contributed by atoms with Crippen LogP contribution in [0.1, 0.15) is 62.0 Å². The lowest BCUT2D eigenvalue weighted by Gasteiger charge is -2.15. The number of carboxylic acid groups (broad SMARTS) is 1. The number of aryl methyl sites for hydroxylation is 2. The number of carbonyl (C=O) groups is 1. The van der Waals surface area contributed by atoms with E-state index in [1.54, 1.807) is 6.07 Å². The molecule has 1 aromatic rings. The van der Waals surface area contributed by atoms with E-state index in [4.69, 9.17) is 5.11 Å². The van der Waals surface area contributed by atoms with Gasteiger partial charge in [-0.2, -0.15) is 0 Å². The molecule has 2 nitrogen and oxygen atoms in total. The SMILES string of the molecule is CC.CC.O=C(O)c1ccc2c(c1)CCCC2. The van der Waals surface area contributed by atoms with Crippen LogP contribution in [0.15, 0.2) is 18.2 Å². The fourth-order valence-corrected chi connectivity index (χ4v) is 1.87. The lowest BCUT2D eigenvalue weighted by molar-refractivity contribution is 0.0696. The van der Waals surface area contributed by atoms with Crippen LogP contribution in [0.5, 0.6) is 0 Å². The van der Waals surface area contributed by atoms with E-state index in [1.807, 2.05) is 39.8 Å². The first-order chi connectivity index (χ1) is 8.27. The summed E-state index contributed by atoms with van der Waals surface area (Å²) in [5.41, 5.74) is 2.98. The quantitative estimate of drug-likeness (QED) is 0.788. The maximum absolute atomic E-state index is 10.7. The van der Waals surface area contributed by atoms with Crippen LogP contribution in [-0.4, -0.2) is 11.1 Å². The van der Waals surface area contributed by atoms with E-state index in [9.17, 15) is 4.79 Å². The predicted octanol–water partition coefficient (Wildman–Crippen LogP) is 4.32. The van der Waals surface area contributed by atoms with Crippen molar-refractivity contribution in [1.82, 2.24) is 0 Å². The van der Waals surface area contributed by atoms with Crippen molar-refractivity contribution < 1.29 is 9.90 Å². The topological polar surface area (TPSA) is 37.3 Å². The third-order valence-electron chi connectivity index (χ3n) is 2.60. The number of rotatable bonds is 1. The molecule has 0 saturated carbocycles. The van der Waals surface area contributed by atoms with Crippen LogP contribution >= 0.6 is 0 Å². The van der Waals surface area contributed by atoms with Crippen molar-refractivity contribution in [3.8, 4) is 0 Å². The Hall–Kier alpha value is -1.31. The molecule has 17 heavy (non-hydrogen) atoms. The maximum Gasteiger partial charge on any atom is 0.335 e. The molecule has 2 heteroatoms. The van der Waals surface area contributed by atoms with Gasteiger partial charge in [-0.25, -0.2) is 4.79 Å². The van der Waals surface area contributed by atoms with E-state index in [0.717, 1.165) is 12.8 Å². The van der Waals surface area contributed by atoms with Gasteiger partial charge in [-0.1, -0.05) is 33.8 Å². The molecule has 0 fully saturated rings. The molecule has 0 spiro atoms. The molecule has 1 aliphatic carbocycles. The summed E-state index contributed by atoms with van der Waals surface area (Å²) < 4.78 is 0. The van der Waals surface area contributed by atoms with E-state index >= 15 is 0 Å². The minimum absolute atomic E-state index is 0.417. The van der Waals surface area contributed by atoms with E-state index < -0.39 is 5.97 Å². The zero-order valence-electron chi connectivity index (χ0n) is 11.4. The van der Waals surface area contributed by atoms with E-state index in [1.165, 1.54) is 24.0 Å². The summed E-state index contributed by atoms with van der Waals surface area (Å²) >= 11 is 0. The molecule has 0 unspecified atom stereocenters. The van der Waals surface area contributed by atoms with Crippen molar-refractivity contribution in [3.05, 3.63) is 34.9 Å². The first kappa shape index (κ1) is 15.7. The second-order valence-corrected chi connectivity index (χ2v) is 3.50. The van der Waals surface area contributed by atoms with Gasteiger partial charge in [0.1, 0.15) is 0 Å². The molecule has 0 aliphatic heterocycles. The average molecular weight is 236 g/mol. The van der Waals surface area contributed by atoms with Gasteiger partial charge in [0.15, 0.2) is 0 Å². The van der Waals surface area contributed by atoms with Crippen molar-refractivity contribution in [1.29, 1.82) is 0 Å². The van der Waals surface area contributed by atoms with Crippen molar-refractivity contribution >= 4 is 5.97 Å². The Morgan fingerprint density at radius 2 is 1.53 bits per heavy atom. The second kappa shape index (κ2) is 8.80. The predicted molar refractivity (Wildman–Crippen MR) is 72.7 cm³/mol. The van der Waals surface area contributed by atoms with Crippen LogP contribution in [0.2, 0.25) is 0 Å². The van der Waals surface area contributed by atoms with Crippen LogP contribution in [0.3, 0.4) is 0 Å². The molecule has 1 aliphatic rings. The number of benzene rings is 1. The molecule has 1 N–H and O–H groups in total. The molecule has 2 rings (SSSR count). The molecular formula is C15H24O2. The summed E-state index contributed by atoms with van der Waals surface area (Å²) in [6.45, 7) is 8.00. The number of hydrogen-bond donors (Lipinski definition) is 1. The number of fused-ring (bicyclic) bond motifs is 1. The van der Waals surface area contributed by atoms with Gasteiger partial charge in [0, 0.05) is 0 Å². The molecule has 96 valence electrons. The average Bonchev–Trinajstić information content (AvgIpc) is 2.42. The Morgan fingerprint density at radius 3 is 2.06 bits per heavy atom. The van der Waals surface area contributed by atoms with Crippen LogP contribution < -0.4 is 0 Å². The highest BCUT2D eigenvalue weighted by atomic mass is 16.4. The van der Waals surface area contributed by atoms with Gasteiger partial charge in [0.25, 0.3) is 0 Å². The molecule has 0 radical (unpaired) electrons. The second-order valence-electron chi connectivity index (χ2n) is 3.50. The maximum atomic E-state index is 10.7. The molecule has 0 heterocycles. The Balaban J connectivity index is 0.000000581. The van der Waals surface area contributed by atoms with Crippen LogP contribution in [0.25, 0.3) is 0 Å². The Labute approximate surface area is 105 Å². The molecule has 0 saturated heterocycles. The van der Waals surface area contributed by atoms with Crippen molar-refractivity contribution in [2.75, 3.05) is 0 Å². The zero-order valence-corrected chi connectivity index (χ0v) is 11.4. The van der Waals surface area contributed by atoms with Crippen LogP contribution in [0, 0.1) is 0 Å². The van der Waals surface area contributed by atoms with Gasteiger partial charge < -0.3 is 5.11 Å². The molecule has 0 aromatic heterocycles. The Kier molecular flexibility index (Phi) is 8.12.